The van der Waals surface area contributed by atoms with Gasteiger partial charge in [-0.2, -0.15) is 5.10 Å². The standard InChI is InChI=1S/C16H14N4O2S/c1-11-9-17-16(23-11)18-14(21)10-20-15(22)8-7-13(19-20)12-5-3-2-4-6-12/h2-9H,10H2,1H3,(H,17,18,21). The molecule has 0 radical (unpaired) electrons. The Morgan fingerprint density at radius 3 is 2.70 bits per heavy atom. The average molecular weight is 326 g/mol. The highest BCUT2D eigenvalue weighted by Gasteiger charge is 2.09. The van der Waals surface area contributed by atoms with Gasteiger partial charge >= 0.3 is 0 Å². The van der Waals surface area contributed by atoms with E-state index in [1.165, 1.54) is 17.4 Å². The number of aryl methyl sites for hydroxylation is 1. The SMILES string of the molecule is Cc1cnc(NC(=O)Cn2nc(-c3ccccc3)ccc2=O)s1. The first-order valence-electron chi connectivity index (χ1n) is 6.98. The van der Waals surface area contributed by atoms with Crippen LogP contribution in [0.2, 0.25) is 0 Å². The van der Waals surface area contributed by atoms with Gasteiger partial charge < -0.3 is 5.32 Å². The molecule has 6 nitrogen and oxygen atoms in total. The largest absolute Gasteiger partial charge is 0.300 e. The lowest BCUT2D eigenvalue weighted by Crippen LogP contribution is -2.29. The van der Waals surface area contributed by atoms with Crippen LogP contribution in [0.3, 0.4) is 0 Å². The summed E-state index contributed by atoms with van der Waals surface area (Å²) in [5.74, 6) is -0.334. The number of benzene rings is 1. The highest BCUT2D eigenvalue weighted by atomic mass is 32.1. The Morgan fingerprint density at radius 2 is 2.00 bits per heavy atom. The quantitative estimate of drug-likeness (QED) is 0.798. The number of rotatable bonds is 4. The van der Waals surface area contributed by atoms with Crippen LogP contribution < -0.4 is 10.9 Å². The molecule has 2 aromatic heterocycles. The minimum atomic E-state index is -0.334. The average Bonchev–Trinajstić information content (AvgIpc) is 2.95. The van der Waals surface area contributed by atoms with E-state index in [0.29, 0.717) is 10.8 Å². The lowest BCUT2D eigenvalue weighted by atomic mass is 10.1. The summed E-state index contributed by atoms with van der Waals surface area (Å²) in [7, 11) is 0. The number of hydrogen-bond acceptors (Lipinski definition) is 5. The van der Waals surface area contributed by atoms with E-state index in [0.717, 1.165) is 15.1 Å². The number of aromatic nitrogens is 3. The molecule has 3 aromatic rings. The van der Waals surface area contributed by atoms with E-state index in [-0.39, 0.29) is 18.0 Å². The fourth-order valence-electron chi connectivity index (χ4n) is 2.03. The molecule has 23 heavy (non-hydrogen) atoms. The van der Waals surface area contributed by atoms with Gasteiger partial charge in [0, 0.05) is 22.7 Å². The molecule has 0 fully saturated rings. The Morgan fingerprint density at radius 1 is 1.22 bits per heavy atom. The maximum Gasteiger partial charge on any atom is 0.267 e. The summed E-state index contributed by atoms with van der Waals surface area (Å²) < 4.78 is 1.15. The van der Waals surface area contributed by atoms with Crippen molar-refractivity contribution in [3.05, 3.63) is 63.9 Å². The number of nitrogens with one attached hydrogen (secondary N) is 1. The first kappa shape index (κ1) is 15.1. The monoisotopic (exact) mass is 326 g/mol. The van der Waals surface area contributed by atoms with Gasteiger partial charge in [-0.1, -0.05) is 30.3 Å². The Labute approximate surface area is 136 Å². The van der Waals surface area contributed by atoms with Crippen LogP contribution in [0, 0.1) is 6.92 Å². The summed E-state index contributed by atoms with van der Waals surface area (Å²) >= 11 is 1.38. The highest BCUT2D eigenvalue weighted by Crippen LogP contribution is 2.16. The number of hydrogen-bond donors (Lipinski definition) is 1. The molecular weight excluding hydrogens is 312 g/mol. The van der Waals surface area contributed by atoms with Crippen molar-refractivity contribution >= 4 is 22.4 Å². The van der Waals surface area contributed by atoms with Gasteiger partial charge in [0.2, 0.25) is 5.91 Å². The molecule has 3 rings (SSSR count). The Hall–Kier alpha value is -2.80. The van der Waals surface area contributed by atoms with Gasteiger partial charge in [-0.05, 0) is 13.0 Å². The van der Waals surface area contributed by atoms with Crippen molar-refractivity contribution in [3.8, 4) is 11.3 Å². The summed E-state index contributed by atoms with van der Waals surface area (Å²) in [4.78, 5) is 29.0. The van der Waals surface area contributed by atoms with E-state index >= 15 is 0 Å². The molecule has 0 spiro atoms. The molecular formula is C16H14N4O2S. The molecule has 0 aliphatic rings. The zero-order chi connectivity index (χ0) is 16.2. The first-order chi connectivity index (χ1) is 11.1. The number of nitrogens with zero attached hydrogens (tertiary/aromatic N) is 3. The van der Waals surface area contributed by atoms with Gasteiger partial charge in [-0.25, -0.2) is 9.67 Å². The minimum absolute atomic E-state index is 0.155. The van der Waals surface area contributed by atoms with Crippen LogP contribution in [0.1, 0.15) is 4.88 Å². The third-order valence-electron chi connectivity index (χ3n) is 3.10. The van der Waals surface area contributed by atoms with Crippen LogP contribution in [0.4, 0.5) is 5.13 Å². The Balaban J connectivity index is 1.79. The smallest absolute Gasteiger partial charge is 0.267 e. The summed E-state index contributed by atoms with van der Waals surface area (Å²) in [6.45, 7) is 1.75. The third kappa shape index (κ3) is 3.70. The fourth-order valence-corrected chi connectivity index (χ4v) is 2.71. The maximum atomic E-state index is 12.0. The first-order valence-corrected chi connectivity index (χ1v) is 7.79. The van der Waals surface area contributed by atoms with Crippen molar-refractivity contribution in [2.24, 2.45) is 0 Å². The van der Waals surface area contributed by atoms with Crippen molar-refractivity contribution in [2.45, 2.75) is 13.5 Å². The van der Waals surface area contributed by atoms with Gasteiger partial charge in [-0.15, -0.1) is 11.3 Å². The molecule has 116 valence electrons. The zero-order valence-electron chi connectivity index (χ0n) is 12.4. The van der Waals surface area contributed by atoms with Gasteiger partial charge in [0.05, 0.1) is 5.69 Å². The van der Waals surface area contributed by atoms with Crippen LogP contribution >= 0.6 is 11.3 Å². The number of anilines is 1. The molecule has 2 heterocycles. The summed E-state index contributed by atoms with van der Waals surface area (Å²) in [5, 5.41) is 7.44. The number of thiazole rings is 1. The molecule has 7 heteroatoms. The summed E-state index contributed by atoms with van der Waals surface area (Å²) in [5.41, 5.74) is 1.20. The zero-order valence-corrected chi connectivity index (χ0v) is 13.2. The van der Waals surface area contributed by atoms with E-state index in [2.05, 4.69) is 15.4 Å². The molecule has 0 atom stereocenters. The molecule has 0 saturated carbocycles. The van der Waals surface area contributed by atoms with Gasteiger partial charge in [-0.3, -0.25) is 9.59 Å². The van der Waals surface area contributed by atoms with Gasteiger partial charge in [0.25, 0.3) is 5.56 Å². The second-order valence-electron chi connectivity index (χ2n) is 4.90. The molecule has 0 unspecified atom stereocenters. The van der Waals surface area contributed by atoms with Crippen molar-refractivity contribution in [1.82, 2.24) is 14.8 Å². The van der Waals surface area contributed by atoms with Crippen LogP contribution in [-0.2, 0) is 11.3 Å². The van der Waals surface area contributed by atoms with E-state index in [4.69, 9.17) is 0 Å². The molecule has 0 aliphatic carbocycles. The van der Waals surface area contributed by atoms with Crippen LogP contribution in [0.15, 0.2) is 53.5 Å². The second kappa shape index (κ2) is 6.53. The van der Waals surface area contributed by atoms with Gasteiger partial charge in [0.15, 0.2) is 5.13 Å². The molecule has 0 saturated heterocycles. The molecule has 1 N–H and O–H groups in total. The van der Waals surface area contributed by atoms with Crippen LogP contribution in [-0.4, -0.2) is 20.7 Å². The van der Waals surface area contributed by atoms with Crippen molar-refractivity contribution in [3.63, 3.8) is 0 Å². The van der Waals surface area contributed by atoms with Crippen molar-refractivity contribution in [2.75, 3.05) is 5.32 Å². The normalized spacial score (nSPS) is 10.5. The van der Waals surface area contributed by atoms with Crippen molar-refractivity contribution < 1.29 is 4.79 Å². The Bertz CT molecular complexity index is 886. The van der Waals surface area contributed by atoms with Crippen molar-refractivity contribution in [1.29, 1.82) is 0 Å². The van der Waals surface area contributed by atoms with E-state index in [1.54, 1.807) is 12.3 Å². The lowest BCUT2D eigenvalue weighted by molar-refractivity contribution is -0.117. The van der Waals surface area contributed by atoms with E-state index in [1.807, 2.05) is 37.3 Å². The predicted octanol–water partition coefficient (Wildman–Crippen LogP) is 2.31. The van der Waals surface area contributed by atoms with E-state index in [9.17, 15) is 9.59 Å². The van der Waals surface area contributed by atoms with Gasteiger partial charge in [0.1, 0.15) is 6.54 Å². The predicted molar refractivity (Wildman–Crippen MR) is 89.4 cm³/mol. The topological polar surface area (TPSA) is 76.9 Å². The number of carbonyl (C=O) groups is 1. The number of carbonyl (C=O) groups excluding carboxylic acids is 1. The fraction of sp³-hybridized carbons (Fsp3) is 0.125. The second-order valence-corrected chi connectivity index (χ2v) is 6.14. The summed E-state index contributed by atoms with van der Waals surface area (Å²) in [6.07, 6.45) is 1.68. The number of amides is 1. The molecule has 0 aliphatic heterocycles. The summed E-state index contributed by atoms with van der Waals surface area (Å²) in [6, 6.07) is 12.6. The maximum absolute atomic E-state index is 12.0. The molecule has 0 bridgehead atoms. The van der Waals surface area contributed by atoms with Crippen LogP contribution in [0.25, 0.3) is 11.3 Å². The Kier molecular flexibility index (Phi) is 4.29. The minimum Gasteiger partial charge on any atom is -0.300 e. The highest BCUT2D eigenvalue weighted by molar-refractivity contribution is 7.15. The lowest BCUT2D eigenvalue weighted by Gasteiger charge is -2.07. The van der Waals surface area contributed by atoms with E-state index < -0.39 is 0 Å². The molecule has 1 aromatic carbocycles. The third-order valence-corrected chi connectivity index (χ3v) is 3.93. The molecule has 1 amide bonds. The van der Waals surface area contributed by atoms with Crippen LogP contribution in [0.5, 0.6) is 0 Å².